The summed E-state index contributed by atoms with van der Waals surface area (Å²) in [4.78, 5) is 12.1. The van der Waals surface area contributed by atoms with E-state index >= 15 is 0 Å². The Hall–Kier alpha value is -2.34. The molecule has 0 saturated carbocycles. The number of nitrogens with one attached hydrogen (secondary N) is 1. The van der Waals surface area contributed by atoms with Crippen molar-refractivity contribution in [3.05, 3.63) is 65.7 Å². The van der Waals surface area contributed by atoms with Crippen LogP contribution in [0.4, 0.5) is 18.9 Å². The van der Waals surface area contributed by atoms with Crippen molar-refractivity contribution in [3.8, 4) is 0 Å². The Bertz CT molecular complexity index is 716. The zero-order chi connectivity index (χ0) is 17.2. The van der Waals surface area contributed by atoms with Crippen LogP contribution in [0.2, 0.25) is 0 Å². The lowest BCUT2D eigenvalue weighted by molar-refractivity contribution is -0.139. The third kappa shape index (κ3) is 3.43. The Kier molecular flexibility index (Phi) is 4.57. The number of hydrogen-bond donors (Lipinski definition) is 1. The van der Waals surface area contributed by atoms with Crippen molar-refractivity contribution in [2.24, 2.45) is 0 Å². The van der Waals surface area contributed by atoms with Crippen molar-refractivity contribution in [2.45, 2.75) is 24.7 Å². The summed E-state index contributed by atoms with van der Waals surface area (Å²) >= 11 is 0. The molecule has 1 saturated heterocycles. The zero-order valence-corrected chi connectivity index (χ0v) is 12.7. The quantitative estimate of drug-likeness (QED) is 0.909. The number of Topliss-reactive ketones (excluding diaryl/α,β-unsaturated/α-hetero) is 1. The van der Waals surface area contributed by atoms with Gasteiger partial charge in [-0.1, -0.05) is 36.4 Å². The summed E-state index contributed by atoms with van der Waals surface area (Å²) in [5.74, 6) is -0.194. The van der Waals surface area contributed by atoms with Gasteiger partial charge in [-0.05, 0) is 23.8 Å². The summed E-state index contributed by atoms with van der Waals surface area (Å²) in [6.45, 7) is 0.227. The lowest BCUT2D eigenvalue weighted by Gasteiger charge is -2.27. The number of ketones is 1. The molecule has 2 aromatic carbocycles. The molecular formula is C18H16F3NO2. The molecule has 1 aliphatic heterocycles. The molecule has 0 amide bonds. The van der Waals surface area contributed by atoms with Crippen LogP contribution in [0.1, 0.15) is 23.6 Å². The Morgan fingerprint density at radius 2 is 1.71 bits per heavy atom. The largest absolute Gasteiger partial charge is 0.416 e. The maximum absolute atomic E-state index is 13.4. The van der Waals surface area contributed by atoms with E-state index < -0.39 is 23.9 Å². The van der Waals surface area contributed by atoms with Gasteiger partial charge in [-0.15, -0.1) is 0 Å². The maximum Gasteiger partial charge on any atom is 0.416 e. The van der Waals surface area contributed by atoms with Gasteiger partial charge in [0.15, 0.2) is 5.78 Å². The Morgan fingerprint density at radius 3 is 2.33 bits per heavy atom. The number of carbonyl (C=O) groups is 1. The SMILES string of the molecule is O=C1CCO[C@@H]1[C@@H](Nc1ccccc1)c1ccccc1C(F)(F)F. The molecule has 2 aromatic rings. The van der Waals surface area contributed by atoms with Crippen molar-refractivity contribution < 1.29 is 22.7 Å². The fraction of sp³-hybridized carbons (Fsp3) is 0.278. The molecule has 0 spiro atoms. The molecule has 1 heterocycles. The first kappa shape index (κ1) is 16.5. The molecule has 1 N–H and O–H groups in total. The van der Waals surface area contributed by atoms with E-state index in [0.717, 1.165) is 6.07 Å². The number of ether oxygens (including phenoxy) is 1. The molecule has 1 aliphatic rings. The number of alkyl halides is 3. The van der Waals surface area contributed by atoms with Gasteiger partial charge in [-0.3, -0.25) is 4.79 Å². The van der Waals surface area contributed by atoms with Gasteiger partial charge in [0.2, 0.25) is 0 Å². The Balaban J connectivity index is 2.03. The maximum atomic E-state index is 13.4. The first-order valence-electron chi connectivity index (χ1n) is 7.59. The van der Waals surface area contributed by atoms with E-state index in [9.17, 15) is 18.0 Å². The first-order chi connectivity index (χ1) is 11.5. The molecule has 6 heteroatoms. The van der Waals surface area contributed by atoms with Crippen molar-refractivity contribution in [1.82, 2.24) is 0 Å². The van der Waals surface area contributed by atoms with Crippen molar-refractivity contribution in [1.29, 1.82) is 0 Å². The van der Waals surface area contributed by atoms with Gasteiger partial charge in [-0.2, -0.15) is 13.2 Å². The zero-order valence-electron chi connectivity index (χ0n) is 12.7. The van der Waals surface area contributed by atoms with Crippen LogP contribution in [-0.4, -0.2) is 18.5 Å². The van der Waals surface area contributed by atoms with E-state index in [-0.39, 0.29) is 24.4 Å². The van der Waals surface area contributed by atoms with E-state index in [1.165, 1.54) is 18.2 Å². The second kappa shape index (κ2) is 6.65. The normalized spacial score (nSPS) is 19.3. The Morgan fingerprint density at radius 1 is 1.04 bits per heavy atom. The van der Waals surface area contributed by atoms with E-state index in [0.29, 0.717) is 5.69 Å². The van der Waals surface area contributed by atoms with Crippen molar-refractivity contribution in [3.63, 3.8) is 0 Å². The van der Waals surface area contributed by atoms with Crippen LogP contribution in [0.5, 0.6) is 0 Å². The molecule has 0 radical (unpaired) electrons. The van der Waals surface area contributed by atoms with Gasteiger partial charge in [0.05, 0.1) is 18.2 Å². The minimum atomic E-state index is -4.51. The molecule has 126 valence electrons. The number of hydrogen-bond acceptors (Lipinski definition) is 3. The van der Waals surface area contributed by atoms with Crippen LogP contribution in [0, 0.1) is 0 Å². The van der Waals surface area contributed by atoms with Gasteiger partial charge in [0.25, 0.3) is 0 Å². The van der Waals surface area contributed by atoms with Crippen LogP contribution in [0.3, 0.4) is 0 Å². The summed E-state index contributed by atoms with van der Waals surface area (Å²) in [5, 5.41) is 3.03. The molecule has 0 aliphatic carbocycles. The molecule has 3 nitrogen and oxygen atoms in total. The number of rotatable bonds is 4. The highest BCUT2D eigenvalue weighted by Crippen LogP contribution is 2.38. The van der Waals surface area contributed by atoms with Gasteiger partial charge < -0.3 is 10.1 Å². The second-order valence-electron chi connectivity index (χ2n) is 5.58. The van der Waals surface area contributed by atoms with Crippen molar-refractivity contribution >= 4 is 11.5 Å². The first-order valence-corrected chi connectivity index (χ1v) is 7.59. The smallest absolute Gasteiger partial charge is 0.375 e. The van der Waals surface area contributed by atoms with Crippen LogP contribution >= 0.6 is 0 Å². The predicted octanol–water partition coefficient (Wildman–Crippen LogP) is 4.22. The summed E-state index contributed by atoms with van der Waals surface area (Å²) in [6, 6.07) is 13.2. The van der Waals surface area contributed by atoms with Gasteiger partial charge in [0.1, 0.15) is 6.10 Å². The van der Waals surface area contributed by atoms with Crippen LogP contribution in [-0.2, 0) is 15.7 Å². The minimum absolute atomic E-state index is 0.00843. The molecule has 0 aromatic heterocycles. The van der Waals surface area contributed by atoms with Gasteiger partial charge >= 0.3 is 6.18 Å². The number of carbonyl (C=O) groups excluding carboxylic acids is 1. The number of para-hydroxylation sites is 1. The highest BCUT2D eigenvalue weighted by molar-refractivity contribution is 5.86. The third-order valence-electron chi connectivity index (χ3n) is 3.96. The lowest BCUT2D eigenvalue weighted by Crippen LogP contribution is -2.32. The molecule has 3 rings (SSSR count). The van der Waals surface area contributed by atoms with Crippen LogP contribution < -0.4 is 5.32 Å². The fourth-order valence-corrected chi connectivity index (χ4v) is 2.86. The van der Waals surface area contributed by atoms with Crippen LogP contribution in [0.15, 0.2) is 54.6 Å². The lowest BCUT2D eigenvalue weighted by atomic mass is 9.93. The molecule has 0 unspecified atom stereocenters. The summed E-state index contributed by atoms with van der Waals surface area (Å²) in [6.07, 6.45) is -5.23. The molecular weight excluding hydrogens is 319 g/mol. The fourth-order valence-electron chi connectivity index (χ4n) is 2.86. The highest BCUT2D eigenvalue weighted by Gasteiger charge is 2.40. The summed E-state index contributed by atoms with van der Waals surface area (Å²) in [5.41, 5.74) is -0.126. The van der Waals surface area contributed by atoms with E-state index in [2.05, 4.69) is 5.32 Å². The standard InChI is InChI=1S/C18H16F3NO2/c19-18(20,21)14-9-5-4-8-13(14)16(17-15(23)10-11-24-17)22-12-6-2-1-3-7-12/h1-9,16-17,22H,10-11H2/t16-,17-/m0/s1. The minimum Gasteiger partial charge on any atom is -0.375 e. The number of halogens is 3. The summed E-state index contributed by atoms with van der Waals surface area (Å²) in [7, 11) is 0. The average Bonchev–Trinajstić information content (AvgIpc) is 2.99. The highest BCUT2D eigenvalue weighted by atomic mass is 19.4. The molecule has 2 atom stereocenters. The number of benzene rings is 2. The van der Waals surface area contributed by atoms with Gasteiger partial charge in [0, 0.05) is 12.1 Å². The van der Waals surface area contributed by atoms with E-state index in [1.807, 2.05) is 0 Å². The number of anilines is 1. The van der Waals surface area contributed by atoms with E-state index in [4.69, 9.17) is 4.74 Å². The third-order valence-corrected chi connectivity index (χ3v) is 3.96. The molecule has 24 heavy (non-hydrogen) atoms. The molecule has 1 fully saturated rings. The average molecular weight is 335 g/mol. The Labute approximate surface area is 137 Å². The van der Waals surface area contributed by atoms with E-state index in [1.54, 1.807) is 30.3 Å². The van der Waals surface area contributed by atoms with Crippen LogP contribution in [0.25, 0.3) is 0 Å². The van der Waals surface area contributed by atoms with Gasteiger partial charge in [-0.25, -0.2) is 0 Å². The summed E-state index contributed by atoms with van der Waals surface area (Å²) < 4.78 is 45.6. The second-order valence-corrected chi connectivity index (χ2v) is 5.58. The topological polar surface area (TPSA) is 38.3 Å². The monoisotopic (exact) mass is 335 g/mol. The van der Waals surface area contributed by atoms with Crippen molar-refractivity contribution in [2.75, 3.05) is 11.9 Å². The molecule has 0 bridgehead atoms. The predicted molar refractivity (Wildman–Crippen MR) is 83.6 cm³/mol.